The molecule has 0 amide bonds. The Morgan fingerprint density at radius 1 is 1.14 bits per heavy atom. The topological polar surface area (TPSA) is 0 Å². The van der Waals surface area contributed by atoms with E-state index in [-0.39, 0.29) is 0 Å². The number of hydrogen-bond acceptors (Lipinski definition) is 0. The van der Waals surface area contributed by atoms with Crippen LogP contribution in [-0.2, 0) is 0 Å². The molecule has 0 radical (unpaired) electrons. The van der Waals surface area contributed by atoms with Crippen molar-refractivity contribution in [2.75, 3.05) is 0 Å². The summed E-state index contributed by atoms with van der Waals surface area (Å²) in [5, 5.41) is 0. The summed E-state index contributed by atoms with van der Waals surface area (Å²) in [6.07, 6.45) is 0. The van der Waals surface area contributed by atoms with Gasteiger partial charge in [0.2, 0.25) is 0 Å². The van der Waals surface area contributed by atoms with Crippen LogP contribution in [0.15, 0.2) is 0 Å². The molecule has 0 bridgehead atoms. The van der Waals surface area contributed by atoms with Gasteiger partial charge >= 0.3 is 52.7 Å². The van der Waals surface area contributed by atoms with E-state index in [2.05, 4.69) is 17.8 Å². The molecule has 0 saturated carbocycles. The second kappa shape index (κ2) is 2.59. The van der Waals surface area contributed by atoms with E-state index in [0.29, 0.717) is 0 Å². The van der Waals surface area contributed by atoms with Gasteiger partial charge < -0.3 is 0 Å². The number of hydrogen-bond donors (Lipinski definition) is 0. The van der Waals surface area contributed by atoms with Crippen LogP contribution in [0.3, 0.4) is 0 Å². The molecule has 0 aliphatic carbocycles. The van der Waals surface area contributed by atoms with E-state index in [4.69, 9.17) is 0 Å². The summed E-state index contributed by atoms with van der Waals surface area (Å²) in [7, 11) is 9.10. The molecule has 0 rings (SSSR count). The van der Waals surface area contributed by atoms with Crippen molar-refractivity contribution in [1.82, 2.24) is 0 Å². The van der Waals surface area contributed by atoms with Crippen molar-refractivity contribution in [3.63, 3.8) is 0 Å². The van der Waals surface area contributed by atoms with Crippen molar-refractivity contribution in [2.45, 2.75) is 4.18 Å². The van der Waals surface area contributed by atoms with Crippen molar-refractivity contribution in [1.29, 1.82) is 0 Å². The summed E-state index contributed by atoms with van der Waals surface area (Å²) in [6, 6.07) is 0. The second-order valence-corrected chi connectivity index (χ2v) is 7.79. The summed E-state index contributed by atoms with van der Waals surface area (Å²) in [5.41, 5.74) is 0. The molecule has 0 atom stereocenters. The standard InChI is InChI=1S/CCl2F3I/c2-7(3)1(4,5)6. The summed E-state index contributed by atoms with van der Waals surface area (Å²) in [6.45, 7) is 0. The monoisotopic (exact) mass is 266 g/mol. The molecule has 0 aromatic carbocycles. The van der Waals surface area contributed by atoms with Crippen LogP contribution in [0, 0.1) is 0 Å². The Balaban J connectivity index is 3.54. The van der Waals surface area contributed by atoms with Gasteiger partial charge in [0.15, 0.2) is 0 Å². The summed E-state index contributed by atoms with van der Waals surface area (Å²) >= 11 is -3.56. The van der Waals surface area contributed by atoms with Gasteiger partial charge in [0.05, 0.1) is 0 Å². The van der Waals surface area contributed by atoms with E-state index in [1.54, 1.807) is 0 Å². The zero-order valence-electron chi connectivity index (χ0n) is 2.77. The molecule has 0 nitrogen and oxygen atoms in total. The first kappa shape index (κ1) is 8.10. The van der Waals surface area contributed by atoms with Crippen LogP contribution >= 0.6 is 35.4 Å². The van der Waals surface area contributed by atoms with Crippen molar-refractivity contribution in [3.8, 4) is 0 Å². The quantitative estimate of drug-likeness (QED) is 0.466. The van der Waals surface area contributed by atoms with Crippen molar-refractivity contribution >= 4 is 35.4 Å². The molecular formula is CCl2F3I. The molecule has 0 aliphatic rings. The van der Waals surface area contributed by atoms with Gasteiger partial charge in [0.25, 0.3) is 0 Å². The van der Waals surface area contributed by atoms with Crippen molar-refractivity contribution in [3.05, 3.63) is 0 Å². The molecule has 0 aliphatic heterocycles. The molecule has 6 heteroatoms. The first-order chi connectivity index (χ1) is 2.94. The minimum absolute atomic E-state index is 3.56. The normalized spacial score (nSPS) is 14.1. The molecule has 0 N–H and O–H groups in total. The Kier molecular flexibility index (Phi) is 3.00. The second-order valence-electron chi connectivity index (χ2n) is 0.625. The van der Waals surface area contributed by atoms with Gasteiger partial charge in [-0.15, -0.1) is 0 Å². The van der Waals surface area contributed by atoms with Crippen LogP contribution in [0.25, 0.3) is 0 Å². The third kappa shape index (κ3) is 3.66. The molecule has 0 unspecified atom stereocenters. The summed E-state index contributed by atoms with van der Waals surface area (Å²) in [4.78, 5) is 0. The molecule has 0 heterocycles. The minimum atomic E-state index is -4.31. The van der Waals surface area contributed by atoms with Crippen LogP contribution in [0.2, 0.25) is 0 Å². The van der Waals surface area contributed by atoms with E-state index >= 15 is 0 Å². The maximum absolute atomic E-state index is 11.0. The fourth-order valence-corrected chi connectivity index (χ4v) is 0. The maximum atomic E-state index is 11.0. The van der Waals surface area contributed by atoms with Gasteiger partial charge in [-0.05, 0) is 0 Å². The van der Waals surface area contributed by atoms with Crippen LogP contribution in [0.1, 0.15) is 0 Å². The molecular weight excluding hydrogens is 267 g/mol. The van der Waals surface area contributed by atoms with E-state index < -0.39 is 21.7 Å². The van der Waals surface area contributed by atoms with Gasteiger partial charge in [-0.25, -0.2) is 0 Å². The number of alkyl halides is 4. The number of halogens is 6. The third-order valence-corrected chi connectivity index (χ3v) is 3.26. The number of rotatable bonds is 0. The zero-order chi connectivity index (χ0) is 6.08. The average Bonchev–Trinajstić information content (AvgIpc) is 1.31. The fraction of sp³-hybridized carbons (Fsp3) is 1.00. The van der Waals surface area contributed by atoms with Crippen LogP contribution in [0.5, 0.6) is 0 Å². The van der Waals surface area contributed by atoms with E-state index in [1.165, 1.54) is 0 Å². The van der Waals surface area contributed by atoms with Gasteiger partial charge in [-0.1, -0.05) is 0 Å². The Morgan fingerprint density at radius 3 is 1.29 bits per heavy atom. The van der Waals surface area contributed by atoms with Gasteiger partial charge in [0.1, 0.15) is 0 Å². The summed E-state index contributed by atoms with van der Waals surface area (Å²) < 4.78 is 28.6. The molecule has 46 valence electrons. The van der Waals surface area contributed by atoms with Crippen LogP contribution < -0.4 is 0 Å². The average molecular weight is 267 g/mol. The van der Waals surface area contributed by atoms with Gasteiger partial charge in [0, 0.05) is 0 Å². The molecule has 7 heavy (non-hydrogen) atoms. The molecule has 0 spiro atoms. The zero-order valence-corrected chi connectivity index (χ0v) is 6.44. The Labute approximate surface area is 52.8 Å². The van der Waals surface area contributed by atoms with Crippen molar-refractivity contribution < 1.29 is 13.2 Å². The molecule has 0 saturated heterocycles. The third-order valence-electron chi connectivity index (χ3n) is 0.162. The van der Waals surface area contributed by atoms with Crippen LogP contribution in [0.4, 0.5) is 13.2 Å². The molecule has 0 aromatic heterocycles. The first-order valence-corrected chi connectivity index (χ1v) is 7.58. The Morgan fingerprint density at radius 2 is 1.29 bits per heavy atom. The Hall–Kier alpha value is 1.10. The molecule has 0 fully saturated rings. The first-order valence-electron chi connectivity index (χ1n) is 1.04. The van der Waals surface area contributed by atoms with Gasteiger partial charge in [-0.3, -0.25) is 0 Å². The predicted octanol–water partition coefficient (Wildman–Crippen LogP) is 3.32. The molecule has 0 aromatic rings. The van der Waals surface area contributed by atoms with E-state index in [9.17, 15) is 13.2 Å². The van der Waals surface area contributed by atoms with E-state index in [1.807, 2.05) is 0 Å². The fourth-order valence-electron chi connectivity index (χ4n) is 0. The Bertz CT molecular complexity index is 58.4. The van der Waals surface area contributed by atoms with Crippen molar-refractivity contribution in [2.24, 2.45) is 0 Å². The van der Waals surface area contributed by atoms with E-state index in [0.717, 1.165) is 0 Å². The predicted molar refractivity (Wildman–Crippen MR) is 31.8 cm³/mol. The van der Waals surface area contributed by atoms with Crippen LogP contribution in [-0.4, -0.2) is 4.18 Å². The van der Waals surface area contributed by atoms with Gasteiger partial charge in [-0.2, -0.15) is 0 Å². The summed E-state index contributed by atoms with van der Waals surface area (Å²) in [5.74, 6) is 0. The SMILES string of the molecule is FC(F)(F)I(Cl)Cl.